The summed E-state index contributed by atoms with van der Waals surface area (Å²) in [6.07, 6.45) is 11.4. The SMILES string of the molecule is C=CC1=NC(C(=C)NC)C(CCCCc2oc3cc(-c4c(C)cccc4C)ccc3c2/C=C\CC)c2ccccc21. The van der Waals surface area contributed by atoms with E-state index in [-0.39, 0.29) is 12.0 Å². The van der Waals surface area contributed by atoms with Gasteiger partial charge in [0.25, 0.3) is 0 Å². The Morgan fingerprint density at radius 3 is 2.54 bits per heavy atom. The molecule has 210 valence electrons. The Labute approximate surface area is 245 Å². The average Bonchev–Trinajstić information content (AvgIpc) is 3.33. The Morgan fingerprint density at radius 1 is 1.02 bits per heavy atom. The Balaban J connectivity index is 1.38. The summed E-state index contributed by atoms with van der Waals surface area (Å²) < 4.78 is 6.58. The van der Waals surface area contributed by atoms with Crippen molar-refractivity contribution in [3.05, 3.63) is 125 Å². The fraction of sp³-hybridized carbons (Fsp3) is 0.289. The highest BCUT2D eigenvalue weighted by molar-refractivity contribution is 6.10. The number of aryl methyl sites for hydroxylation is 3. The number of benzene rings is 3. The maximum atomic E-state index is 6.58. The van der Waals surface area contributed by atoms with Crippen LogP contribution in [0, 0.1) is 13.8 Å². The standard InChI is InChI=1S/C38H42N2O/c1-7-9-17-31-32-23-22-28(37-25(3)15-14-16-26(37)4)24-36(32)41-35(31)21-13-12-20-33-29-18-10-11-19-30(29)34(8-2)40-38(33)27(5)39-6/h8-11,14-19,22-24,33,38-39H,2,5,7,12-13,20-21H2,1,3-4,6H3/b17-9-. The summed E-state index contributed by atoms with van der Waals surface area (Å²) in [6, 6.07) is 21.8. The molecule has 0 spiro atoms. The minimum Gasteiger partial charge on any atom is -0.460 e. The minimum atomic E-state index is 0.000435. The zero-order valence-corrected chi connectivity index (χ0v) is 25.0. The number of allylic oxidation sites excluding steroid dienone is 2. The highest BCUT2D eigenvalue weighted by atomic mass is 16.3. The van der Waals surface area contributed by atoms with Crippen molar-refractivity contribution < 1.29 is 4.42 Å². The molecule has 1 aromatic heterocycles. The van der Waals surface area contributed by atoms with Crippen LogP contribution in [0.1, 0.15) is 72.1 Å². The molecule has 0 radical (unpaired) electrons. The summed E-state index contributed by atoms with van der Waals surface area (Å²) in [4.78, 5) is 5.06. The second-order valence-electron chi connectivity index (χ2n) is 11.1. The third-order valence-electron chi connectivity index (χ3n) is 8.43. The summed E-state index contributed by atoms with van der Waals surface area (Å²) in [5, 5.41) is 4.46. The Bertz CT molecular complexity index is 1610. The second kappa shape index (κ2) is 12.6. The molecule has 5 rings (SSSR count). The summed E-state index contributed by atoms with van der Waals surface area (Å²) in [5.74, 6) is 1.36. The molecule has 2 atom stereocenters. The van der Waals surface area contributed by atoms with E-state index in [1.165, 1.54) is 44.3 Å². The maximum absolute atomic E-state index is 6.58. The molecular weight excluding hydrogens is 500 g/mol. The van der Waals surface area contributed by atoms with Crippen LogP contribution in [-0.2, 0) is 6.42 Å². The van der Waals surface area contributed by atoms with Crippen molar-refractivity contribution in [2.45, 2.75) is 64.8 Å². The van der Waals surface area contributed by atoms with Crippen LogP contribution in [0.3, 0.4) is 0 Å². The van der Waals surface area contributed by atoms with Gasteiger partial charge in [-0.25, -0.2) is 0 Å². The normalized spacial score (nSPS) is 16.5. The van der Waals surface area contributed by atoms with Crippen LogP contribution in [0.5, 0.6) is 0 Å². The summed E-state index contributed by atoms with van der Waals surface area (Å²) in [5.41, 5.74) is 11.7. The number of rotatable bonds is 11. The first-order valence-electron chi connectivity index (χ1n) is 14.9. The van der Waals surface area contributed by atoms with Gasteiger partial charge in [-0.15, -0.1) is 0 Å². The van der Waals surface area contributed by atoms with Crippen LogP contribution in [0.15, 0.2) is 101 Å². The first-order chi connectivity index (χ1) is 20.0. The van der Waals surface area contributed by atoms with Crippen molar-refractivity contribution >= 4 is 22.8 Å². The van der Waals surface area contributed by atoms with Gasteiger partial charge >= 0.3 is 0 Å². The van der Waals surface area contributed by atoms with Gasteiger partial charge in [0.15, 0.2) is 0 Å². The first-order valence-corrected chi connectivity index (χ1v) is 14.9. The quantitative estimate of drug-likeness (QED) is 0.192. The number of aliphatic imine (C=N–C) groups is 1. The molecule has 0 amide bonds. The number of nitrogens with one attached hydrogen (secondary N) is 1. The number of unbranched alkanes of at least 4 members (excludes halogenated alkanes) is 1. The smallest absolute Gasteiger partial charge is 0.135 e. The molecule has 3 aromatic carbocycles. The second-order valence-corrected chi connectivity index (χ2v) is 11.1. The van der Waals surface area contributed by atoms with Gasteiger partial charge in [-0.3, -0.25) is 4.99 Å². The monoisotopic (exact) mass is 542 g/mol. The van der Waals surface area contributed by atoms with Gasteiger partial charge in [-0.05, 0) is 79.1 Å². The van der Waals surface area contributed by atoms with E-state index in [1.807, 2.05) is 13.1 Å². The molecule has 41 heavy (non-hydrogen) atoms. The van der Waals surface area contributed by atoms with Crippen LogP contribution in [-0.4, -0.2) is 18.8 Å². The fourth-order valence-electron chi connectivity index (χ4n) is 6.32. The number of fused-ring (bicyclic) bond motifs is 2. The van der Waals surface area contributed by atoms with E-state index in [4.69, 9.17) is 9.41 Å². The van der Waals surface area contributed by atoms with E-state index in [0.717, 1.165) is 54.9 Å². The largest absolute Gasteiger partial charge is 0.460 e. The van der Waals surface area contributed by atoms with Gasteiger partial charge in [0.05, 0.1) is 11.8 Å². The lowest BCUT2D eigenvalue weighted by molar-refractivity contribution is 0.481. The number of furan rings is 1. The van der Waals surface area contributed by atoms with Crippen molar-refractivity contribution in [1.82, 2.24) is 5.32 Å². The Hall–Kier alpha value is -4.11. The maximum Gasteiger partial charge on any atom is 0.135 e. The van der Waals surface area contributed by atoms with E-state index < -0.39 is 0 Å². The van der Waals surface area contributed by atoms with E-state index in [1.54, 1.807) is 0 Å². The molecule has 2 heterocycles. The third-order valence-corrected chi connectivity index (χ3v) is 8.43. The van der Waals surface area contributed by atoms with E-state index in [9.17, 15) is 0 Å². The van der Waals surface area contributed by atoms with Gasteiger partial charge in [0.1, 0.15) is 11.3 Å². The van der Waals surface area contributed by atoms with Gasteiger partial charge < -0.3 is 9.73 Å². The number of hydrogen-bond donors (Lipinski definition) is 1. The molecule has 3 heteroatoms. The van der Waals surface area contributed by atoms with Gasteiger partial charge in [0, 0.05) is 41.6 Å². The lowest BCUT2D eigenvalue weighted by atomic mass is 9.79. The first kappa shape index (κ1) is 28.4. The van der Waals surface area contributed by atoms with Crippen molar-refractivity contribution in [1.29, 1.82) is 0 Å². The average molecular weight is 543 g/mol. The van der Waals surface area contributed by atoms with Gasteiger partial charge in [0.2, 0.25) is 0 Å². The molecule has 0 saturated carbocycles. The van der Waals surface area contributed by atoms with Crippen molar-refractivity contribution in [3.63, 3.8) is 0 Å². The predicted octanol–water partition coefficient (Wildman–Crippen LogP) is 9.73. The van der Waals surface area contributed by atoms with Crippen LogP contribution in [0.2, 0.25) is 0 Å². The van der Waals surface area contributed by atoms with E-state index >= 15 is 0 Å². The molecule has 1 aliphatic rings. The zero-order valence-electron chi connectivity index (χ0n) is 25.0. The fourth-order valence-corrected chi connectivity index (χ4v) is 6.32. The van der Waals surface area contributed by atoms with E-state index in [2.05, 4.69) is 112 Å². The number of nitrogens with zero attached hydrogens (tertiary/aromatic N) is 1. The summed E-state index contributed by atoms with van der Waals surface area (Å²) >= 11 is 0. The Kier molecular flexibility index (Phi) is 8.73. The molecule has 0 bridgehead atoms. The van der Waals surface area contributed by atoms with Crippen LogP contribution >= 0.6 is 0 Å². The topological polar surface area (TPSA) is 37.5 Å². The van der Waals surface area contributed by atoms with Gasteiger partial charge in [-0.1, -0.05) is 87.2 Å². The highest BCUT2D eigenvalue weighted by Gasteiger charge is 2.31. The van der Waals surface area contributed by atoms with Crippen molar-refractivity contribution in [2.75, 3.05) is 7.05 Å². The number of likely N-dealkylation sites (N-methyl/N-ethyl adjacent to an activating group) is 1. The molecule has 1 N–H and O–H groups in total. The predicted molar refractivity (Wildman–Crippen MR) is 176 cm³/mol. The van der Waals surface area contributed by atoms with Crippen LogP contribution < -0.4 is 5.32 Å². The van der Waals surface area contributed by atoms with Crippen LogP contribution in [0.25, 0.3) is 28.2 Å². The molecule has 3 nitrogen and oxygen atoms in total. The highest BCUT2D eigenvalue weighted by Crippen LogP contribution is 2.38. The number of hydrogen-bond acceptors (Lipinski definition) is 3. The molecule has 0 fully saturated rings. The van der Waals surface area contributed by atoms with Crippen molar-refractivity contribution in [3.8, 4) is 11.1 Å². The summed E-state index contributed by atoms with van der Waals surface area (Å²) in [7, 11) is 1.93. The molecule has 1 aliphatic heterocycles. The minimum absolute atomic E-state index is 0.000435. The molecule has 0 saturated heterocycles. The molecule has 2 unspecified atom stereocenters. The summed E-state index contributed by atoms with van der Waals surface area (Å²) in [6.45, 7) is 14.8. The lowest BCUT2D eigenvalue weighted by Crippen LogP contribution is -2.31. The zero-order chi connectivity index (χ0) is 28.9. The lowest BCUT2D eigenvalue weighted by Gasteiger charge is -2.32. The third kappa shape index (κ3) is 5.72. The Morgan fingerprint density at radius 2 is 1.80 bits per heavy atom. The molecule has 0 aliphatic carbocycles. The van der Waals surface area contributed by atoms with Crippen molar-refractivity contribution in [2.24, 2.45) is 4.99 Å². The molecule has 4 aromatic rings. The van der Waals surface area contributed by atoms with Gasteiger partial charge in [-0.2, -0.15) is 0 Å². The molecular formula is C38H42N2O. The van der Waals surface area contributed by atoms with E-state index in [0.29, 0.717) is 0 Å². The van der Waals surface area contributed by atoms with Crippen LogP contribution in [0.4, 0.5) is 0 Å².